The highest BCUT2D eigenvalue weighted by Gasteiger charge is 2.07. The Morgan fingerprint density at radius 3 is 2.32 bits per heavy atom. The number of halogens is 1. The van der Waals surface area contributed by atoms with Gasteiger partial charge in [-0.3, -0.25) is 0 Å². The largest absolute Gasteiger partial charge is 0.0843 e. The molecule has 3 aromatic rings. The van der Waals surface area contributed by atoms with Crippen LogP contribution in [0.4, 0.5) is 0 Å². The minimum absolute atomic E-state index is 0.780. The van der Waals surface area contributed by atoms with E-state index in [9.17, 15) is 0 Å². The minimum atomic E-state index is 0.780. The molecule has 0 spiro atoms. The summed E-state index contributed by atoms with van der Waals surface area (Å²) < 4.78 is 0. The van der Waals surface area contributed by atoms with E-state index >= 15 is 0 Å². The van der Waals surface area contributed by atoms with Crippen LogP contribution in [0.1, 0.15) is 12.5 Å². The standard InChI is InChI=1S/C18H15Cl/c1-2-16-17-6-4-3-5-13(17)9-12-18(16)14-7-10-15(19)11-8-14/h3-12H,2H2,1H3. The summed E-state index contributed by atoms with van der Waals surface area (Å²) in [6.07, 6.45) is 1.03. The minimum Gasteiger partial charge on any atom is -0.0843 e. The Balaban J connectivity index is 2.26. The Hall–Kier alpha value is -1.79. The van der Waals surface area contributed by atoms with Crippen LogP contribution in [0, 0.1) is 0 Å². The predicted molar refractivity (Wildman–Crippen MR) is 83.8 cm³/mol. The van der Waals surface area contributed by atoms with Crippen molar-refractivity contribution in [2.75, 3.05) is 0 Å². The zero-order valence-electron chi connectivity index (χ0n) is 10.9. The van der Waals surface area contributed by atoms with Crippen molar-refractivity contribution in [2.45, 2.75) is 13.3 Å². The summed E-state index contributed by atoms with van der Waals surface area (Å²) in [6, 6.07) is 21.0. The first-order valence-electron chi connectivity index (χ1n) is 6.56. The Kier molecular flexibility index (Phi) is 3.27. The molecule has 0 aromatic heterocycles. The molecule has 0 aliphatic carbocycles. The zero-order valence-corrected chi connectivity index (χ0v) is 11.6. The highest BCUT2D eigenvalue weighted by molar-refractivity contribution is 6.30. The van der Waals surface area contributed by atoms with Crippen LogP contribution >= 0.6 is 11.6 Å². The van der Waals surface area contributed by atoms with Gasteiger partial charge >= 0.3 is 0 Å². The molecular formula is C18H15Cl. The fourth-order valence-corrected chi connectivity index (χ4v) is 2.74. The number of fused-ring (bicyclic) bond motifs is 1. The maximum absolute atomic E-state index is 5.97. The average Bonchev–Trinajstić information content (AvgIpc) is 2.47. The highest BCUT2D eigenvalue weighted by atomic mass is 35.5. The molecule has 0 N–H and O–H groups in total. The molecule has 0 aliphatic heterocycles. The summed E-state index contributed by atoms with van der Waals surface area (Å²) in [5.41, 5.74) is 3.94. The molecule has 3 rings (SSSR count). The van der Waals surface area contributed by atoms with Gasteiger partial charge in [-0.25, -0.2) is 0 Å². The van der Waals surface area contributed by atoms with Gasteiger partial charge in [0.2, 0.25) is 0 Å². The molecule has 0 saturated carbocycles. The van der Waals surface area contributed by atoms with Crippen LogP contribution in [0.15, 0.2) is 60.7 Å². The SMILES string of the molecule is CCc1c(-c2ccc(Cl)cc2)ccc2ccccc12. The van der Waals surface area contributed by atoms with Crippen LogP contribution in [0.3, 0.4) is 0 Å². The molecule has 0 nitrogen and oxygen atoms in total. The first kappa shape index (κ1) is 12.3. The first-order valence-corrected chi connectivity index (χ1v) is 6.94. The number of hydrogen-bond donors (Lipinski definition) is 0. The van der Waals surface area contributed by atoms with Crippen molar-refractivity contribution in [1.82, 2.24) is 0 Å². The molecule has 0 atom stereocenters. The lowest BCUT2D eigenvalue weighted by Gasteiger charge is -2.12. The summed E-state index contributed by atoms with van der Waals surface area (Å²) in [4.78, 5) is 0. The van der Waals surface area contributed by atoms with Crippen LogP contribution in [-0.2, 0) is 6.42 Å². The van der Waals surface area contributed by atoms with Crippen LogP contribution in [0.5, 0.6) is 0 Å². The Labute approximate surface area is 118 Å². The third-order valence-corrected chi connectivity index (χ3v) is 3.80. The van der Waals surface area contributed by atoms with Gasteiger partial charge in [0.1, 0.15) is 0 Å². The summed E-state index contributed by atoms with van der Waals surface area (Å²) in [5.74, 6) is 0. The van der Waals surface area contributed by atoms with E-state index in [-0.39, 0.29) is 0 Å². The van der Waals surface area contributed by atoms with Crippen molar-refractivity contribution in [3.63, 3.8) is 0 Å². The molecule has 0 fully saturated rings. The fourth-order valence-electron chi connectivity index (χ4n) is 2.62. The van der Waals surface area contributed by atoms with Crippen molar-refractivity contribution in [1.29, 1.82) is 0 Å². The number of aryl methyl sites for hydroxylation is 1. The van der Waals surface area contributed by atoms with E-state index in [1.807, 2.05) is 12.1 Å². The Morgan fingerprint density at radius 1 is 0.842 bits per heavy atom. The number of benzene rings is 3. The Morgan fingerprint density at radius 2 is 1.58 bits per heavy atom. The van der Waals surface area contributed by atoms with E-state index in [2.05, 4.69) is 55.5 Å². The van der Waals surface area contributed by atoms with Gasteiger partial charge in [0.05, 0.1) is 0 Å². The van der Waals surface area contributed by atoms with E-state index in [0.29, 0.717) is 0 Å². The van der Waals surface area contributed by atoms with Crippen LogP contribution < -0.4 is 0 Å². The monoisotopic (exact) mass is 266 g/mol. The van der Waals surface area contributed by atoms with Crippen molar-refractivity contribution < 1.29 is 0 Å². The summed E-state index contributed by atoms with van der Waals surface area (Å²) in [5, 5.41) is 3.43. The van der Waals surface area contributed by atoms with Gasteiger partial charge in [-0.05, 0) is 46.0 Å². The maximum atomic E-state index is 5.97. The molecule has 0 radical (unpaired) electrons. The zero-order chi connectivity index (χ0) is 13.2. The summed E-state index contributed by atoms with van der Waals surface area (Å²) >= 11 is 5.97. The number of hydrogen-bond acceptors (Lipinski definition) is 0. The van der Waals surface area contributed by atoms with Crippen molar-refractivity contribution in [3.05, 3.63) is 71.2 Å². The molecule has 0 heterocycles. The van der Waals surface area contributed by atoms with Gasteiger partial charge in [-0.15, -0.1) is 0 Å². The smallest absolute Gasteiger partial charge is 0.0406 e. The third kappa shape index (κ3) is 2.24. The lowest BCUT2D eigenvalue weighted by atomic mass is 9.93. The van der Waals surface area contributed by atoms with E-state index < -0.39 is 0 Å². The lowest BCUT2D eigenvalue weighted by molar-refractivity contribution is 1.16. The molecule has 0 aliphatic rings. The second-order valence-corrected chi connectivity index (χ2v) is 5.11. The average molecular weight is 267 g/mol. The molecule has 3 aromatic carbocycles. The first-order chi connectivity index (χ1) is 9.29. The van der Waals surface area contributed by atoms with Gasteiger partial charge in [-0.1, -0.05) is 67.1 Å². The van der Waals surface area contributed by atoms with Crippen LogP contribution in [-0.4, -0.2) is 0 Å². The van der Waals surface area contributed by atoms with E-state index in [1.165, 1.54) is 27.5 Å². The molecule has 0 saturated heterocycles. The van der Waals surface area contributed by atoms with E-state index in [4.69, 9.17) is 11.6 Å². The summed E-state index contributed by atoms with van der Waals surface area (Å²) in [7, 11) is 0. The lowest BCUT2D eigenvalue weighted by Crippen LogP contribution is -1.90. The van der Waals surface area contributed by atoms with Crippen molar-refractivity contribution in [3.8, 4) is 11.1 Å². The quantitative estimate of drug-likeness (QED) is 0.556. The van der Waals surface area contributed by atoms with Gasteiger partial charge in [0.25, 0.3) is 0 Å². The molecular weight excluding hydrogens is 252 g/mol. The van der Waals surface area contributed by atoms with Gasteiger partial charge in [0, 0.05) is 5.02 Å². The van der Waals surface area contributed by atoms with Gasteiger partial charge in [-0.2, -0.15) is 0 Å². The molecule has 0 unspecified atom stereocenters. The summed E-state index contributed by atoms with van der Waals surface area (Å²) in [6.45, 7) is 2.21. The second-order valence-electron chi connectivity index (χ2n) is 4.67. The second kappa shape index (κ2) is 5.07. The molecule has 19 heavy (non-hydrogen) atoms. The maximum Gasteiger partial charge on any atom is 0.0406 e. The van der Waals surface area contributed by atoms with E-state index in [0.717, 1.165) is 11.4 Å². The highest BCUT2D eigenvalue weighted by Crippen LogP contribution is 2.31. The molecule has 0 amide bonds. The van der Waals surface area contributed by atoms with Gasteiger partial charge < -0.3 is 0 Å². The van der Waals surface area contributed by atoms with Gasteiger partial charge in [0.15, 0.2) is 0 Å². The third-order valence-electron chi connectivity index (χ3n) is 3.55. The van der Waals surface area contributed by atoms with Crippen LogP contribution in [0.2, 0.25) is 5.02 Å². The molecule has 94 valence electrons. The van der Waals surface area contributed by atoms with E-state index in [1.54, 1.807) is 0 Å². The normalized spacial score (nSPS) is 10.8. The van der Waals surface area contributed by atoms with Crippen LogP contribution in [0.25, 0.3) is 21.9 Å². The van der Waals surface area contributed by atoms with Crippen molar-refractivity contribution in [2.24, 2.45) is 0 Å². The predicted octanol–water partition coefficient (Wildman–Crippen LogP) is 5.72. The topological polar surface area (TPSA) is 0 Å². The fraction of sp³-hybridized carbons (Fsp3) is 0.111. The van der Waals surface area contributed by atoms with Crippen molar-refractivity contribution >= 4 is 22.4 Å². The number of rotatable bonds is 2. The molecule has 0 bridgehead atoms. The molecule has 1 heteroatoms. The Bertz CT molecular complexity index is 711.